The molecule has 0 bridgehead atoms. The zero-order valence-electron chi connectivity index (χ0n) is 13.3. The average Bonchev–Trinajstić information content (AvgIpc) is 2.56. The standard InChI is InChI=1S/C18H20ClNO3/c1-3-23-16-10-4-13(12-17(16)22-2)5-11-18(21)20-15-8-6-14(19)7-9-15/h4,6-10,12H,3,5,11H2,1-2H3,(H,20,21). The second kappa shape index (κ2) is 8.44. The molecule has 1 N–H and O–H groups in total. The molecule has 0 atom stereocenters. The van der Waals surface area contributed by atoms with Crippen molar-refractivity contribution in [1.29, 1.82) is 0 Å². The van der Waals surface area contributed by atoms with Crippen LogP contribution in [0.15, 0.2) is 42.5 Å². The number of anilines is 1. The fourth-order valence-electron chi connectivity index (χ4n) is 2.16. The molecular weight excluding hydrogens is 314 g/mol. The summed E-state index contributed by atoms with van der Waals surface area (Å²) in [4.78, 5) is 12.0. The number of carbonyl (C=O) groups is 1. The van der Waals surface area contributed by atoms with Gasteiger partial charge >= 0.3 is 0 Å². The molecule has 0 aliphatic rings. The van der Waals surface area contributed by atoms with Crippen molar-refractivity contribution in [3.63, 3.8) is 0 Å². The Labute approximate surface area is 141 Å². The number of benzene rings is 2. The summed E-state index contributed by atoms with van der Waals surface area (Å²) in [7, 11) is 1.61. The number of carbonyl (C=O) groups excluding carboxylic acids is 1. The topological polar surface area (TPSA) is 47.6 Å². The number of hydrogen-bond donors (Lipinski definition) is 1. The molecule has 1 amide bonds. The monoisotopic (exact) mass is 333 g/mol. The van der Waals surface area contributed by atoms with Crippen molar-refractivity contribution in [1.82, 2.24) is 0 Å². The number of nitrogens with one attached hydrogen (secondary N) is 1. The largest absolute Gasteiger partial charge is 0.493 e. The summed E-state index contributed by atoms with van der Waals surface area (Å²) < 4.78 is 10.8. The molecule has 2 rings (SSSR count). The highest BCUT2D eigenvalue weighted by Gasteiger charge is 2.08. The van der Waals surface area contributed by atoms with Gasteiger partial charge in [0.2, 0.25) is 5.91 Å². The minimum atomic E-state index is -0.0415. The van der Waals surface area contributed by atoms with Crippen molar-refractivity contribution < 1.29 is 14.3 Å². The summed E-state index contributed by atoms with van der Waals surface area (Å²) in [6, 6.07) is 12.8. The summed E-state index contributed by atoms with van der Waals surface area (Å²) in [5.74, 6) is 1.35. The predicted molar refractivity (Wildman–Crippen MR) is 92.6 cm³/mol. The highest BCUT2D eigenvalue weighted by molar-refractivity contribution is 6.30. The van der Waals surface area contributed by atoms with Gasteiger partial charge in [-0.15, -0.1) is 0 Å². The lowest BCUT2D eigenvalue weighted by atomic mass is 10.1. The highest BCUT2D eigenvalue weighted by Crippen LogP contribution is 2.28. The first-order chi connectivity index (χ1) is 11.1. The summed E-state index contributed by atoms with van der Waals surface area (Å²) in [5, 5.41) is 3.49. The molecule has 4 nitrogen and oxygen atoms in total. The Morgan fingerprint density at radius 2 is 1.87 bits per heavy atom. The number of amides is 1. The third-order valence-electron chi connectivity index (χ3n) is 3.30. The maximum atomic E-state index is 12.0. The van der Waals surface area contributed by atoms with Crippen molar-refractivity contribution in [2.75, 3.05) is 19.0 Å². The van der Waals surface area contributed by atoms with E-state index in [2.05, 4.69) is 5.32 Å². The Morgan fingerprint density at radius 1 is 1.13 bits per heavy atom. The van der Waals surface area contributed by atoms with E-state index in [1.807, 2.05) is 25.1 Å². The van der Waals surface area contributed by atoms with Crippen LogP contribution in [0.25, 0.3) is 0 Å². The van der Waals surface area contributed by atoms with Crippen molar-refractivity contribution in [3.05, 3.63) is 53.1 Å². The molecule has 0 unspecified atom stereocenters. The van der Waals surface area contributed by atoms with Gasteiger partial charge in [-0.3, -0.25) is 4.79 Å². The molecule has 23 heavy (non-hydrogen) atoms. The molecule has 0 aromatic heterocycles. The third kappa shape index (κ3) is 5.18. The molecule has 0 aliphatic heterocycles. The maximum absolute atomic E-state index is 12.0. The van der Waals surface area contributed by atoms with Gasteiger partial charge in [-0.05, 0) is 55.3 Å². The lowest BCUT2D eigenvalue weighted by Gasteiger charge is -2.11. The van der Waals surface area contributed by atoms with E-state index in [-0.39, 0.29) is 5.91 Å². The van der Waals surface area contributed by atoms with Gasteiger partial charge in [0.05, 0.1) is 13.7 Å². The summed E-state index contributed by atoms with van der Waals surface area (Å²) >= 11 is 5.82. The Morgan fingerprint density at radius 3 is 2.52 bits per heavy atom. The molecule has 0 saturated carbocycles. The van der Waals surface area contributed by atoms with Crippen LogP contribution in [-0.2, 0) is 11.2 Å². The number of rotatable bonds is 7. The van der Waals surface area contributed by atoms with Gasteiger partial charge in [0.1, 0.15) is 0 Å². The van der Waals surface area contributed by atoms with E-state index in [0.29, 0.717) is 36.0 Å². The first-order valence-electron chi connectivity index (χ1n) is 7.47. The van der Waals surface area contributed by atoms with Crippen molar-refractivity contribution in [2.45, 2.75) is 19.8 Å². The molecule has 5 heteroatoms. The lowest BCUT2D eigenvalue weighted by molar-refractivity contribution is -0.116. The van der Waals surface area contributed by atoms with Gasteiger partial charge in [0.15, 0.2) is 11.5 Å². The van der Waals surface area contributed by atoms with Gasteiger partial charge in [-0.1, -0.05) is 17.7 Å². The zero-order chi connectivity index (χ0) is 16.7. The highest BCUT2D eigenvalue weighted by atomic mass is 35.5. The van der Waals surface area contributed by atoms with Gasteiger partial charge in [0, 0.05) is 17.1 Å². The van der Waals surface area contributed by atoms with Crippen LogP contribution in [0.4, 0.5) is 5.69 Å². The molecular formula is C18H20ClNO3. The minimum absolute atomic E-state index is 0.0415. The molecule has 2 aromatic carbocycles. The van der Waals surface area contributed by atoms with E-state index in [1.54, 1.807) is 31.4 Å². The fraction of sp³-hybridized carbons (Fsp3) is 0.278. The van der Waals surface area contributed by atoms with Gasteiger partial charge in [0.25, 0.3) is 0 Å². The number of halogens is 1. The van der Waals surface area contributed by atoms with E-state index >= 15 is 0 Å². The summed E-state index contributed by atoms with van der Waals surface area (Å²) in [5.41, 5.74) is 1.76. The first kappa shape index (κ1) is 17.2. The van der Waals surface area contributed by atoms with Crippen LogP contribution in [0.5, 0.6) is 11.5 Å². The molecule has 0 heterocycles. The van der Waals surface area contributed by atoms with Crippen LogP contribution in [0.3, 0.4) is 0 Å². The van der Waals surface area contributed by atoms with Crippen LogP contribution in [0.2, 0.25) is 5.02 Å². The molecule has 0 fully saturated rings. The molecule has 0 aliphatic carbocycles. The second-order valence-electron chi connectivity index (χ2n) is 4.97. The van der Waals surface area contributed by atoms with Crippen LogP contribution >= 0.6 is 11.6 Å². The van der Waals surface area contributed by atoms with E-state index in [9.17, 15) is 4.79 Å². The van der Waals surface area contributed by atoms with Crippen LogP contribution in [-0.4, -0.2) is 19.6 Å². The zero-order valence-corrected chi connectivity index (χ0v) is 14.0. The quantitative estimate of drug-likeness (QED) is 0.821. The first-order valence-corrected chi connectivity index (χ1v) is 7.85. The number of methoxy groups -OCH3 is 1. The maximum Gasteiger partial charge on any atom is 0.224 e. The number of ether oxygens (including phenoxy) is 2. The molecule has 0 spiro atoms. The Bertz CT molecular complexity index is 656. The minimum Gasteiger partial charge on any atom is -0.493 e. The van der Waals surface area contributed by atoms with Crippen molar-refractivity contribution in [2.24, 2.45) is 0 Å². The number of hydrogen-bond acceptors (Lipinski definition) is 3. The Balaban J connectivity index is 1.92. The molecule has 0 radical (unpaired) electrons. The average molecular weight is 334 g/mol. The van der Waals surface area contributed by atoms with Gasteiger partial charge in [-0.25, -0.2) is 0 Å². The van der Waals surface area contributed by atoms with E-state index in [4.69, 9.17) is 21.1 Å². The fourth-order valence-corrected chi connectivity index (χ4v) is 2.28. The Kier molecular flexibility index (Phi) is 6.29. The summed E-state index contributed by atoms with van der Waals surface area (Å²) in [6.45, 7) is 2.51. The molecule has 0 saturated heterocycles. The van der Waals surface area contributed by atoms with Crippen LogP contribution in [0.1, 0.15) is 18.9 Å². The SMILES string of the molecule is CCOc1ccc(CCC(=O)Nc2ccc(Cl)cc2)cc1OC. The Hall–Kier alpha value is -2.20. The normalized spacial score (nSPS) is 10.2. The van der Waals surface area contributed by atoms with E-state index < -0.39 is 0 Å². The van der Waals surface area contributed by atoms with Crippen molar-refractivity contribution >= 4 is 23.2 Å². The van der Waals surface area contributed by atoms with Crippen molar-refractivity contribution in [3.8, 4) is 11.5 Å². The smallest absolute Gasteiger partial charge is 0.224 e. The second-order valence-corrected chi connectivity index (χ2v) is 5.41. The van der Waals surface area contributed by atoms with E-state index in [1.165, 1.54) is 0 Å². The van der Waals surface area contributed by atoms with E-state index in [0.717, 1.165) is 11.3 Å². The number of aryl methyl sites for hydroxylation is 1. The van der Waals surface area contributed by atoms with Gasteiger partial charge < -0.3 is 14.8 Å². The van der Waals surface area contributed by atoms with Crippen LogP contribution in [0, 0.1) is 0 Å². The van der Waals surface area contributed by atoms with Gasteiger partial charge in [-0.2, -0.15) is 0 Å². The van der Waals surface area contributed by atoms with Crippen LogP contribution < -0.4 is 14.8 Å². The molecule has 2 aromatic rings. The summed E-state index contributed by atoms with van der Waals surface area (Å²) in [6.07, 6.45) is 1.02. The lowest BCUT2D eigenvalue weighted by Crippen LogP contribution is -2.12. The third-order valence-corrected chi connectivity index (χ3v) is 3.55. The predicted octanol–water partition coefficient (Wildman–Crippen LogP) is 4.32. The molecule has 122 valence electrons.